The van der Waals surface area contributed by atoms with Gasteiger partial charge in [0.15, 0.2) is 0 Å². The first-order chi connectivity index (χ1) is 16.4. The number of carbonyl (C=O) groups excluding carboxylic acids is 2. The van der Waals surface area contributed by atoms with Crippen molar-refractivity contribution in [3.8, 4) is 23.0 Å². The first-order valence-corrected chi connectivity index (χ1v) is 11.1. The molecule has 8 heteroatoms. The lowest BCUT2D eigenvalue weighted by Gasteiger charge is -2.14. The molecule has 0 aromatic heterocycles. The molecule has 0 unspecified atom stereocenters. The number of anilines is 1. The van der Waals surface area contributed by atoms with Crippen LogP contribution in [0.4, 0.5) is 10.5 Å². The Morgan fingerprint density at radius 3 is 2.26 bits per heavy atom. The molecule has 0 saturated carbocycles. The number of aromatic carboxylic acids is 1. The van der Waals surface area contributed by atoms with Gasteiger partial charge in [0, 0.05) is 10.4 Å². The quantitative estimate of drug-likeness (QED) is 0.427. The van der Waals surface area contributed by atoms with E-state index in [4.69, 9.17) is 4.74 Å². The Kier molecular flexibility index (Phi) is 6.95. The highest BCUT2D eigenvalue weighted by molar-refractivity contribution is 9.10. The minimum Gasteiger partial charge on any atom is -0.478 e. The number of carbonyl (C=O) groups is 3. The molecule has 3 aromatic rings. The van der Waals surface area contributed by atoms with Crippen molar-refractivity contribution in [3.63, 3.8) is 0 Å². The summed E-state index contributed by atoms with van der Waals surface area (Å²) in [6.45, 7) is 0.0749. The second-order valence-corrected chi connectivity index (χ2v) is 8.35. The van der Waals surface area contributed by atoms with Crippen molar-refractivity contribution in [2.45, 2.75) is 5.92 Å². The fourth-order valence-corrected chi connectivity index (χ4v) is 4.21. The molecule has 1 aliphatic rings. The van der Waals surface area contributed by atoms with Gasteiger partial charge in [0.1, 0.15) is 6.61 Å². The van der Waals surface area contributed by atoms with Gasteiger partial charge in [-0.2, -0.15) is 0 Å². The number of carboxylic acid groups (broad SMARTS) is 1. The first-order valence-electron chi connectivity index (χ1n) is 10.4. The fraction of sp³-hybridized carbons (Fsp3) is 0.115. The lowest BCUT2D eigenvalue weighted by Crippen LogP contribution is -2.26. The Morgan fingerprint density at radius 2 is 1.62 bits per heavy atom. The maximum absolute atomic E-state index is 12.1. The average Bonchev–Trinajstić information content (AvgIpc) is 3.15. The SMILES string of the molecule is O=C(C#CCNC(=O)OCC1c2ccccc2-c2ccccc21)Nc1ccc(Br)cc1C(=O)O. The van der Waals surface area contributed by atoms with E-state index in [1.165, 1.54) is 12.1 Å². The van der Waals surface area contributed by atoms with Crippen molar-refractivity contribution in [1.29, 1.82) is 0 Å². The van der Waals surface area contributed by atoms with E-state index in [1.54, 1.807) is 6.07 Å². The van der Waals surface area contributed by atoms with Crippen LogP contribution in [0.2, 0.25) is 0 Å². The van der Waals surface area contributed by atoms with E-state index in [0.717, 1.165) is 22.3 Å². The van der Waals surface area contributed by atoms with Crippen LogP contribution < -0.4 is 10.6 Å². The monoisotopic (exact) mass is 518 g/mol. The van der Waals surface area contributed by atoms with E-state index in [0.29, 0.717) is 4.47 Å². The fourth-order valence-electron chi connectivity index (χ4n) is 3.85. The molecule has 0 heterocycles. The van der Waals surface area contributed by atoms with Crippen molar-refractivity contribution in [3.05, 3.63) is 87.9 Å². The number of amides is 2. The molecule has 3 N–H and O–H groups in total. The molecule has 0 bridgehead atoms. The van der Waals surface area contributed by atoms with Gasteiger partial charge in [-0.15, -0.1) is 0 Å². The van der Waals surface area contributed by atoms with E-state index in [-0.39, 0.29) is 30.3 Å². The maximum atomic E-state index is 12.1. The van der Waals surface area contributed by atoms with Gasteiger partial charge >= 0.3 is 12.1 Å². The third-order valence-electron chi connectivity index (χ3n) is 5.33. The number of rotatable bonds is 5. The molecule has 34 heavy (non-hydrogen) atoms. The molecule has 4 rings (SSSR count). The second kappa shape index (κ2) is 10.2. The highest BCUT2D eigenvalue weighted by Gasteiger charge is 2.28. The average molecular weight is 519 g/mol. The lowest BCUT2D eigenvalue weighted by atomic mass is 9.98. The van der Waals surface area contributed by atoms with Crippen molar-refractivity contribution < 1.29 is 24.2 Å². The number of halogens is 1. The molecule has 0 fully saturated rings. The van der Waals surface area contributed by atoms with E-state index in [2.05, 4.69) is 50.5 Å². The molecule has 7 nitrogen and oxygen atoms in total. The van der Waals surface area contributed by atoms with Gasteiger partial charge in [-0.25, -0.2) is 9.59 Å². The van der Waals surface area contributed by atoms with Gasteiger partial charge < -0.3 is 20.5 Å². The van der Waals surface area contributed by atoms with Gasteiger partial charge in [0.2, 0.25) is 0 Å². The Bertz CT molecular complexity index is 1300. The van der Waals surface area contributed by atoms with Gasteiger partial charge in [-0.05, 0) is 46.4 Å². The summed E-state index contributed by atoms with van der Waals surface area (Å²) in [6.07, 6.45) is -0.641. The molecular formula is C26H19BrN2O5. The number of hydrogen-bond donors (Lipinski definition) is 3. The van der Waals surface area contributed by atoms with Crippen LogP contribution in [0.5, 0.6) is 0 Å². The molecular weight excluding hydrogens is 500 g/mol. The van der Waals surface area contributed by atoms with Crippen LogP contribution in [0.3, 0.4) is 0 Å². The summed E-state index contributed by atoms with van der Waals surface area (Å²) in [5.41, 5.74) is 4.56. The largest absolute Gasteiger partial charge is 0.478 e. The molecule has 3 aromatic carbocycles. The molecule has 1 aliphatic carbocycles. The van der Waals surface area contributed by atoms with E-state index in [9.17, 15) is 19.5 Å². The summed E-state index contributed by atoms with van der Waals surface area (Å²) in [5.74, 6) is 2.91. The van der Waals surface area contributed by atoms with Crippen LogP contribution >= 0.6 is 15.9 Å². The number of carboxylic acids is 1. The van der Waals surface area contributed by atoms with Crippen LogP contribution in [-0.4, -0.2) is 36.2 Å². The second-order valence-electron chi connectivity index (χ2n) is 7.43. The number of hydrogen-bond acceptors (Lipinski definition) is 4. The molecule has 2 amide bonds. The van der Waals surface area contributed by atoms with Crippen molar-refractivity contribution in [1.82, 2.24) is 5.32 Å². The van der Waals surface area contributed by atoms with Crippen LogP contribution in [0.1, 0.15) is 27.4 Å². The number of fused-ring (bicyclic) bond motifs is 3. The molecule has 170 valence electrons. The summed E-state index contributed by atoms with van der Waals surface area (Å²) in [6, 6.07) is 20.5. The normalized spacial score (nSPS) is 11.4. The highest BCUT2D eigenvalue weighted by atomic mass is 79.9. The third kappa shape index (κ3) is 5.11. The zero-order valence-corrected chi connectivity index (χ0v) is 19.4. The minimum atomic E-state index is -1.18. The Hall–Kier alpha value is -4.09. The molecule has 0 radical (unpaired) electrons. The minimum absolute atomic E-state index is 0.0515. The van der Waals surface area contributed by atoms with Gasteiger partial charge in [0.25, 0.3) is 5.91 Å². The van der Waals surface area contributed by atoms with Crippen molar-refractivity contribution in [2.24, 2.45) is 0 Å². The Balaban J connectivity index is 1.29. The maximum Gasteiger partial charge on any atom is 0.407 e. The number of benzene rings is 3. The van der Waals surface area contributed by atoms with Crippen molar-refractivity contribution >= 4 is 39.6 Å². The van der Waals surface area contributed by atoms with E-state index < -0.39 is 18.0 Å². The molecule has 0 atom stereocenters. The summed E-state index contributed by atoms with van der Waals surface area (Å²) in [5, 5.41) is 14.2. The first kappa shape index (κ1) is 23.1. The molecule has 0 saturated heterocycles. The number of nitrogens with one attached hydrogen (secondary N) is 2. The van der Waals surface area contributed by atoms with Crippen molar-refractivity contribution in [2.75, 3.05) is 18.5 Å². The zero-order valence-electron chi connectivity index (χ0n) is 17.8. The standard InChI is InChI=1S/C26H19BrN2O5/c27-16-11-12-23(21(14-16)25(31)32)29-24(30)10-5-13-28-26(33)34-15-22-19-8-3-1-6-17(19)18-7-2-4-9-20(18)22/h1-4,6-9,11-12,14,22H,13,15H2,(H,28,33)(H,29,30)(H,31,32). The summed E-state index contributed by atoms with van der Waals surface area (Å²) in [4.78, 5) is 35.5. The Morgan fingerprint density at radius 1 is 0.971 bits per heavy atom. The summed E-state index contributed by atoms with van der Waals surface area (Å²) in [7, 11) is 0. The van der Waals surface area contributed by atoms with Crippen LogP contribution in [0.25, 0.3) is 11.1 Å². The van der Waals surface area contributed by atoms with E-state index in [1.807, 2.05) is 36.4 Å². The molecule has 0 aliphatic heterocycles. The van der Waals surface area contributed by atoms with E-state index >= 15 is 0 Å². The highest BCUT2D eigenvalue weighted by Crippen LogP contribution is 2.44. The van der Waals surface area contributed by atoms with Gasteiger partial charge in [-0.1, -0.05) is 70.4 Å². The molecule has 0 spiro atoms. The zero-order chi connectivity index (χ0) is 24.1. The van der Waals surface area contributed by atoms with Crippen LogP contribution in [-0.2, 0) is 9.53 Å². The van der Waals surface area contributed by atoms with Crippen LogP contribution in [0.15, 0.2) is 71.2 Å². The topological polar surface area (TPSA) is 105 Å². The summed E-state index contributed by atoms with van der Waals surface area (Å²) < 4.78 is 5.98. The summed E-state index contributed by atoms with van der Waals surface area (Å²) >= 11 is 3.19. The smallest absolute Gasteiger partial charge is 0.407 e. The lowest BCUT2D eigenvalue weighted by molar-refractivity contribution is -0.111. The predicted molar refractivity (Wildman–Crippen MR) is 131 cm³/mol. The Labute approximate surface area is 204 Å². The van der Waals surface area contributed by atoms with Gasteiger partial charge in [-0.3, -0.25) is 4.79 Å². The number of ether oxygens (including phenoxy) is 1. The third-order valence-corrected chi connectivity index (χ3v) is 5.82. The number of alkyl carbamates (subject to hydrolysis) is 1. The van der Waals surface area contributed by atoms with Gasteiger partial charge in [0.05, 0.1) is 17.8 Å². The predicted octanol–water partition coefficient (Wildman–Crippen LogP) is 4.63. The van der Waals surface area contributed by atoms with Crippen LogP contribution in [0, 0.1) is 11.8 Å².